The van der Waals surface area contributed by atoms with Crippen LogP contribution in [0.1, 0.15) is 5.56 Å². The maximum Gasteiger partial charge on any atom is 0.119 e. The highest BCUT2D eigenvalue weighted by atomic mass is 16.5. The summed E-state index contributed by atoms with van der Waals surface area (Å²) < 4.78 is 5.31. The minimum atomic E-state index is 0.883. The van der Waals surface area contributed by atoms with Crippen molar-refractivity contribution in [3.05, 3.63) is 78.4 Å². The molecule has 1 nitrogen and oxygen atoms in total. The molecule has 0 aromatic heterocycles. The number of hydrogen-bond donors (Lipinski definition) is 0. The van der Waals surface area contributed by atoms with E-state index in [1.54, 1.807) is 7.11 Å². The van der Waals surface area contributed by atoms with Crippen molar-refractivity contribution in [2.45, 2.75) is 6.92 Å². The maximum atomic E-state index is 5.31. The molecule has 1 heteroatoms. The lowest BCUT2D eigenvalue weighted by Crippen LogP contribution is -1.85. The van der Waals surface area contributed by atoms with E-state index in [0.717, 1.165) is 5.75 Å². The first-order valence-electron chi connectivity index (χ1n) is 7.08. The van der Waals surface area contributed by atoms with Gasteiger partial charge in [-0.3, -0.25) is 0 Å². The van der Waals surface area contributed by atoms with Crippen LogP contribution in [-0.2, 0) is 0 Å². The zero-order valence-electron chi connectivity index (χ0n) is 12.3. The quantitative estimate of drug-likeness (QED) is 0.626. The second kappa shape index (κ2) is 5.84. The molecule has 0 heterocycles. The van der Waals surface area contributed by atoms with Gasteiger partial charge in [-0.2, -0.15) is 0 Å². The Balaban J connectivity index is 2.03. The van der Waals surface area contributed by atoms with Gasteiger partial charge in [0.05, 0.1) is 7.11 Å². The average Bonchev–Trinajstić information content (AvgIpc) is 2.55. The topological polar surface area (TPSA) is 9.23 Å². The van der Waals surface area contributed by atoms with Gasteiger partial charge in [-0.1, -0.05) is 60.2 Å². The number of aryl methyl sites for hydroxylation is 1. The largest absolute Gasteiger partial charge is 0.497 e. The SMILES string of the molecule is COc1cccc(-c2cccc(-c3cccc(C)c3)c2)c1. The molecule has 0 bridgehead atoms. The van der Waals surface area contributed by atoms with Gasteiger partial charge < -0.3 is 4.74 Å². The number of ether oxygens (including phenoxy) is 1. The van der Waals surface area contributed by atoms with Gasteiger partial charge in [0.25, 0.3) is 0 Å². The number of methoxy groups -OCH3 is 1. The first-order valence-corrected chi connectivity index (χ1v) is 7.08. The fourth-order valence-corrected chi connectivity index (χ4v) is 2.51. The van der Waals surface area contributed by atoms with Crippen LogP contribution in [0.2, 0.25) is 0 Å². The fraction of sp³-hybridized carbons (Fsp3) is 0.100. The van der Waals surface area contributed by atoms with E-state index in [1.165, 1.54) is 27.8 Å². The molecule has 0 N–H and O–H groups in total. The number of benzene rings is 3. The molecule has 0 amide bonds. The first-order chi connectivity index (χ1) is 10.3. The Morgan fingerprint density at radius 2 is 1.14 bits per heavy atom. The first kappa shape index (κ1) is 13.4. The molecule has 0 aliphatic rings. The molecular formula is C20H18O. The van der Waals surface area contributed by atoms with E-state index in [1.807, 2.05) is 12.1 Å². The van der Waals surface area contributed by atoms with E-state index in [9.17, 15) is 0 Å². The number of rotatable bonds is 3. The molecule has 0 atom stereocenters. The molecule has 104 valence electrons. The molecule has 0 spiro atoms. The van der Waals surface area contributed by atoms with Crippen molar-refractivity contribution in [3.63, 3.8) is 0 Å². The Kier molecular flexibility index (Phi) is 3.74. The molecule has 21 heavy (non-hydrogen) atoms. The van der Waals surface area contributed by atoms with Crippen LogP contribution in [0.4, 0.5) is 0 Å². The summed E-state index contributed by atoms with van der Waals surface area (Å²) in [7, 11) is 1.70. The van der Waals surface area contributed by atoms with Gasteiger partial charge in [0.1, 0.15) is 5.75 Å². The Hall–Kier alpha value is -2.54. The van der Waals surface area contributed by atoms with Crippen molar-refractivity contribution in [3.8, 4) is 28.0 Å². The third kappa shape index (κ3) is 2.97. The lowest BCUT2D eigenvalue weighted by atomic mass is 9.98. The lowest BCUT2D eigenvalue weighted by Gasteiger charge is -2.08. The van der Waals surface area contributed by atoms with Crippen LogP contribution in [-0.4, -0.2) is 7.11 Å². The van der Waals surface area contributed by atoms with Crippen molar-refractivity contribution in [1.82, 2.24) is 0 Å². The average molecular weight is 274 g/mol. The molecule has 0 unspecified atom stereocenters. The van der Waals surface area contributed by atoms with Crippen molar-refractivity contribution in [1.29, 1.82) is 0 Å². The Labute approximate surface area is 125 Å². The summed E-state index contributed by atoms with van der Waals surface area (Å²) in [6.07, 6.45) is 0. The fourth-order valence-electron chi connectivity index (χ4n) is 2.51. The van der Waals surface area contributed by atoms with Crippen LogP contribution in [0.15, 0.2) is 72.8 Å². The normalized spacial score (nSPS) is 10.4. The monoisotopic (exact) mass is 274 g/mol. The zero-order valence-corrected chi connectivity index (χ0v) is 12.3. The second-order valence-electron chi connectivity index (χ2n) is 5.18. The Morgan fingerprint density at radius 1 is 0.619 bits per heavy atom. The van der Waals surface area contributed by atoms with E-state index in [-0.39, 0.29) is 0 Å². The summed E-state index contributed by atoms with van der Waals surface area (Å²) in [6.45, 7) is 2.12. The summed E-state index contributed by atoms with van der Waals surface area (Å²) >= 11 is 0. The van der Waals surface area contributed by atoms with Crippen LogP contribution in [0.5, 0.6) is 5.75 Å². The molecule has 0 saturated heterocycles. The summed E-state index contributed by atoms with van der Waals surface area (Å²) in [6, 6.07) is 25.4. The third-order valence-electron chi connectivity index (χ3n) is 3.62. The highest BCUT2D eigenvalue weighted by Gasteiger charge is 2.03. The van der Waals surface area contributed by atoms with Gasteiger partial charge in [-0.05, 0) is 47.4 Å². The summed E-state index contributed by atoms with van der Waals surface area (Å²) in [5, 5.41) is 0. The van der Waals surface area contributed by atoms with Crippen molar-refractivity contribution in [2.24, 2.45) is 0 Å². The predicted octanol–water partition coefficient (Wildman–Crippen LogP) is 5.34. The second-order valence-corrected chi connectivity index (χ2v) is 5.18. The summed E-state index contributed by atoms with van der Waals surface area (Å²) in [5.74, 6) is 0.883. The molecule has 3 aromatic rings. The predicted molar refractivity (Wildman–Crippen MR) is 88.6 cm³/mol. The standard InChI is InChI=1S/C20H18O/c1-15-6-3-7-16(12-15)17-8-4-9-18(13-17)19-10-5-11-20(14-19)21-2/h3-14H,1-2H3. The molecule has 3 rings (SSSR count). The summed E-state index contributed by atoms with van der Waals surface area (Å²) in [4.78, 5) is 0. The Morgan fingerprint density at radius 3 is 1.76 bits per heavy atom. The lowest BCUT2D eigenvalue weighted by molar-refractivity contribution is 0.415. The van der Waals surface area contributed by atoms with E-state index >= 15 is 0 Å². The van der Waals surface area contributed by atoms with Gasteiger partial charge in [-0.15, -0.1) is 0 Å². The van der Waals surface area contributed by atoms with Gasteiger partial charge in [0.15, 0.2) is 0 Å². The molecule has 0 fully saturated rings. The highest BCUT2D eigenvalue weighted by molar-refractivity contribution is 5.73. The van der Waals surface area contributed by atoms with Gasteiger partial charge in [0, 0.05) is 0 Å². The minimum absolute atomic E-state index is 0.883. The summed E-state index contributed by atoms with van der Waals surface area (Å²) in [5.41, 5.74) is 6.13. The molecule has 0 aliphatic heterocycles. The molecule has 0 radical (unpaired) electrons. The minimum Gasteiger partial charge on any atom is -0.497 e. The van der Waals surface area contributed by atoms with Crippen LogP contribution >= 0.6 is 0 Å². The van der Waals surface area contributed by atoms with Crippen LogP contribution in [0.3, 0.4) is 0 Å². The van der Waals surface area contributed by atoms with Gasteiger partial charge in [-0.25, -0.2) is 0 Å². The zero-order chi connectivity index (χ0) is 14.7. The Bertz CT molecular complexity index is 759. The molecule has 3 aromatic carbocycles. The highest BCUT2D eigenvalue weighted by Crippen LogP contribution is 2.28. The number of hydrogen-bond acceptors (Lipinski definition) is 1. The van der Waals surface area contributed by atoms with Crippen molar-refractivity contribution < 1.29 is 4.74 Å². The van der Waals surface area contributed by atoms with E-state index in [0.29, 0.717) is 0 Å². The van der Waals surface area contributed by atoms with E-state index < -0.39 is 0 Å². The van der Waals surface area contributed by atoms with Gasteiger partial charge in [0.2, 0.25) is 0 Å². The molecule has 0 aliphatic carbocycles. The third-order valence-corrected chi connectivity index (χ3v) is 3.62. The maximum absolute atomic E-state index is 5.31. The van der Waals surface area contributed by atoms with E-state index in [2.05, 4.69) is 67.6 Å². The van der Waals surface area contributed by atoms with Crippen molar-refractivity contribution in [2.75, 3.05) is 7.11 Å². The molecular weight excluding hydrogens is 256 g/mol. The molecule has 0 saturated carbocycles. The smallest absolute Gasteiger partial charge is 0.119 e. The van der Waals surface area contributed by atoms with Crippen LogP contribution in [0, 0.1) is 6.92 Å². The van der Waals surface area contributed by atoms with E-state index in [4.69, 9.17) is 4.74 Å². The van der Waals surface area contributed by atoms with Crippen molar-refractivity contribution >= 4 is 0 Å². The van der Waals surface area contributed by atoms with Crippen LogP contribution in [0.25, 0.3) is 22.3 Å². The van der Waals surface area contributed by atoms with Crippen LogP contribution < -0.4 is 4.74 Å². The van der Waals surface area contributed by atoms with Gasteiger partial charge >= 0.3 is 0 Å².